The number of aromatic nitrogens is 2. The average molecular weight is 388 g/mol. The molecular weight excluding hydrogens is 370 g/mol. The molecular formula is C19H18F2N4O3. The quantitative estimate of drug-likeness (QED) is 0.872. The number of anilines is 1. The molecule has 4 rings (SSSR count). The van der Waals surface area contributed by atoms with Crippen molar-refractivity contribution in [2.24, 2.45) is 0 Å². The lowest BCUT2D eigenvalue weighted by Crippen LogP contribution is -2.42. The smallest absolute Gasteiger partial charge is 0.414 e. The van der Waals surface area contributed by atoms with Crippen molar-refractivity contribution in [2.45, 2.75) is 25.9 Å². The number of carbonyl (C=O) groups is 2. The van der Waals surface area contributed by atoms with Crippen molar-refractivity contribution < 1.29 is 23.1 Å². The summed E-state index contributed by atoms with van der Waals surface area (Å²) in [5.41, 5.74) is 1.35. The fourth-order valence-electron chi connectivity index (χ4n) is 3.52. The largest absolute Gasteiger partial charge is 0.447 e. The number of halogens is 2. The van der Waals surface area contributed by atoms with Crippen LogP contribution >= 0.6 is 0 Å². The number of amides is 2. The molecule has 1 unspecified atom stereocenters. The Bertz CT molecular complexity index is 962. The van der Waals surface area contributed by atoms with Crippen LogP contribution in [0.25, 0.3) is 5.57 Å². The summed E-state index contributed by atoms with van der Waals surface area (Å²) in [6, 6.07) is 1.71. The molecule has 2 amide bonds. The summed E-state index contributed by atoms with van der Waals surface area (Å²) in [6.45, 7) is 1.99. The monoisotopic (exact) mass is 388 g/mol. The second-order valence-corrected chi connectivity index (χ2v) is 6.77. The third-order valence-corrected chi connectivity index (χ3v) is 4.88. The van der Waals surface area contributed by atoms with E-state index >= 15 is 0 Å². The van der Waals surface area contributed by atoms with Gasteiger partial charge in [-0.3, -0.25) is 9.69 Å². The molecule has 0 radical (unpaired) electrons. The summed E-state index contributed by atoms with van der Waals surface area (Å²) in [6.07, 6.45) is 4.77. The zero-order valence-corrected chi connectivity index (χ0v) is 15.1. The Morgan fingerprint density at radius 3 is 2.82 bits per heavy atom. The van der Waals surface area contributed by atoms with Crippen molar-refractivity contribution in [1.82, 2.24) is 14.9 Å². The fourth-order valence-corrected chi connectivity index (χ4v) is 3.52. The van der Waals surface area contributed by atoms with E-state index in [9.17, 15) is 18.4 Å². The number of nitrogens with one attached hydrogen (secondary N) is 1. The summed E-state index contributed by atoms with van der Waals surface area (Å²) in [4.78, 5) is 28.4. The molecule has 146 valence electrons. The van der Waals surface area contributed by atoms with Gasteiger partial charge in [-0.2, -0.15) is 0 Å². The van der Waals surface area contributed by atoms with E-state index in [0.29, 0.717) is 18.5 Å². The summed E-state index contributed by atoms with van der Waals surface area (Å²) < 4.78 is 36.6. The second-order valence-electron chi connectivity index (χ2n) is 6.77. The van der Waals surface area contributed by atoms with Gasteiger partial charge in [0, 0.05) is 43.9 Å². The fraction of sp³-hybridized carbons (Fsp3) is 0.316. The molecule has 0 aliphatic carbocycles. The molecule has 2 aromatic rings. The van der Waals surface area contributed by atoms with E-state index in [2.05, 4.69) is 10.3 Å². The van der Waals surface area contributed by atoms with Gasteiger partial charge in [-0.25, -0.2) is 18.6 Å². The van der Waals surface area contributed by atoms with Crippen LogP contribution in [0.15, 0.2) is 30.7 Å². The van der Waals surface area contributed by atoms with Crippen molar-refractivity contribution in [3.05, 3.63) is 53.6 Å². The highest BCUT2D eigenvalue weighted by molar-refractivity contribution is 5.91. The highest BCUT2D eigenvalue weighted by atomic mass is 19.1. The van der Waals surface area contributed by atoms with Crippen molar-refractivity contribution in [1.29, 1.82) is 0 Å². The minimum Gasteiger partial charge on any atom is -0.447 e. The first kappa shape index (κ1) is 18.1. The molecule has 7 nitrogen and oxygen atoms in total. The van der Waals surface area contributed by atoms with Gasteiger partial charge in [0.05, 0.1) is 18.1 Å². The first-order valence-corrected chi connectivity index (χ1v) is 8.82. The maximum Gasteiger partial charge on any atom is 0.414 e. The van der Waals surface area contributed by atoms with Gasteiger partial charge in [0.15, 0.2) is 0 Å². The number of ether oxygens (including phenoxy) is 1. The Morgan fingerprint density at radius 2 is 2.11 bits per heavy atom. The Balaban J connectivity index is 1.63. The first-order valence-electron chi connectivity index (χ1n) is 8.82. The van der Waals surface area contributed by atoms with E-state index in [1.54, 1.807) is 18.6 Å². The Hall–Kier alpha value is -3.23. The Kier molecular flexibility index (Phi) is 4.58. The number of hydrogen-bond donors (Lipinski definition) is 1. The molecule has 3 heterocycles. The Morgan fingerprint density at radius 1 is 1.36 bits per heavy atom. The van der Waals surface area contributed by atoms with Gasteiger partial charge in [-0.05, 0) is 17.7 Å². The van der Waals surface area contributed by atoms with Crippen molar-refractivity contribution in [2.75, 3.05) is 18.1 Å². The third-order valence-electron chi connectivity index (χ3n) is 4.88. The van der Waals surface area contributed by atoms with Gasteiger partial charge < -0.3 is 14.6 Å². The number of imidazole rings is 1. The number of benzene rings is 1. The average Bonchev–Trinajstić information content (AvgIpc) is 3.25. The van der Waals surface area contributed by atoms with Gasteiger partial charge in [0.2, 0.25) is 5.91 Å². The zero-order chi connectivity index (χ0) is 19.8. The van der Waals surface area contributed by atoms with Crippen LogP contribution in [0.5, 0.6) is 0 Å². The SMILES string of the molecule is CC(=O)NCC1COC(=O)N1c1cc(F)c(C2=CCn3cncc3C2)c(F)c1. The van der Waals surface area contributed by atoms with Crippen LogP contribution < -0.4 is 10.2 Å². The summed E-state index contributed by atoms with van der Waals surface area (Å²) >= 11 is 0. The topological polar surface area (TPSA) is 76.5 Å². The van der Waals surface area contributed by atoms with E-state index in [0.717, 1.165) is 22.7 Å². The zero-order valence-electron chi connectivity index (χ0n) is 15.1. The molecule has 1 aromatic carbocycles. The lowest BCUT2D eigenvalue weighted by Gasteiger charge is -2.23. The molecule has 2 aliphatic rings. The minimum absolute atomic E-state index is 0.0270. The van der Waals surface area contributed by atoms with Crippen molar-refractivity contribution in [3.63, 3.8) is 0 Å². The predicted molar refractivity (Wildman–Crippen MR) is 96.6 cm³/mol. The maximum atomic E-state index is 14.9. The van der Waals surface area contributed by atoms with Crippen LogP contribution in [0.3, 0.4) is 0 Å². The number of rotatable bonds is 4. The standard InChI is InChI=1S/C19H18F2N4O3/c1-11(26)23-8-15-9-28-19(27)25(15)13-5-16(20)18(17(21)6-13)12-2-3-24-10-22-7-14(24)4-12/h2,5-7,10,15H,3-4,8-9H2,1H3,(H,23,26). The maximum absolute atomic E-state index is 14.9. The van der Waals surface area contributed by atoms with Crippen molar-refractivity contribution >= 4 is 23.3 Å². The van der Waals surface area contributed by atoms with Crippen LogP contribution in [0.4, 0.5) is 19.3 Å². The van der Waals surface area contributed by atoms with E-state index < -0.39 is 23.8 Å². The first-order chi connectivity index (χ1) is 13.4. The lowest BCUT2D eigenvalue weighted by molar-refractivity contribution is -0.119. The van der Waals surface area contributed by atoms with Crippen molar-refractivity contribution in [3.8, 4) is 0 Å². The normalized spacial score (nSPS) is 18.5. The van der Waals surface area contributed by atoms with E-state index in [4.69, 9.17) is 4.74 Å². The Labute approximate surface area is 159 Å². The molecule has 0 spiro atoms. The van der Waals surface area contributed by atoms with Crippen LogP contribution in [0.2, 0.25) is 0 Å². The van der Waals surface area contributed by atoms with Crippen LogP contribution in [-0.2, 0) is 22.5 Å². The molecule has 1 N–H and O–H groups in total. The van der Waals surface area contributed by atoms with Gasteiger partial charge in [0.1, 0.15) is 18.2 Å². The van der Waals surface area contributed by atoms with E-state index in [-0.39, 0.29) is 30.3 Å². The van der Waals surface area contributed by atoms with Gasteiger partial charge >= 0.3 is 6.09 Å². The highest BCUT2D eigenvalue weighted by Gasteiger charge is 2.35. The molecule has 0 bridgehead atoms. The molecule has 2 aliphatic heterocycles. The summed E-state index contributed by atoms with van der Waals surface area (Å²) in [7, 11) is 0. The molecule has 1 atom stereocenters. The predicted octanol–water partition coefficient (Wildman–Crippen LogP) is 2.26. The summed E-state index contributed by atoms with van der Waals surface area (Å²) in [5, 5.41) is 2.59. The lowest BCUT2D eigenvalue weighted by atomic mass is 9.97. The number of allylic oxidation sites excluding steroid dienone is 2. The molecule has 0 saturated carbocycles. The number of fused-ring (bicyclic) bond motifs is 1. The summed E-state index contributed by atoms with van der Waals surface area (Å²) in [5.74, 6) is -1.78. The number of carbonyl (C=O) groups excluding carboxylic acids is 2. The third kappa shape index (κ3) is 3.23. The van der Waals surface area contributed by atoms with Crippen LogP contribution in [0.1, 0.15) is 18.2 Å². The molecule has 1 fully saturated rings. The van der Waals surface area contributed by atoms with E-state index in [1.165, 1.54) is 6.92 Å². The highest BCUT2D eigenvalue weighted by Crippen LogP contribution is 2.33. The molecule has 28 heavy (non-hydrogen) atoms. The number of nitrogens with zero attached hydrogens (tertiary/aromatic N) is 3. The van der Waals surface area contributed by atoms with Gasteiger partial charge in [0.25, 0.3) is 0 Å². The number of cyclic esters (lactones) is 1. The number of hydrogen-bond acceptors (Lipinski definition) is 4. The minimum atomic E-state index is -0.757. The van der Waals surface area contributed by atoms with Gasteiger partial charge in [-0.1, -0.05) is 6.08 Å². The second kappa shape index (κ2) is 7.06. The van der Waals surface area contributed by atoms with E-state index in [1.807, 2.05) is 4.57 Å². The van der Waals surface area contributed by atoms with Crippen LogP contribution in [0, 0.1) is 11.6 Å². The molecule has 1 aromatic heterocycles. The van der Waals surface area contributed by atoms with Crippen LogP contribution in [-0.4, -0.2) is 40.7 Å². The van der Waals surface area contributed by atoms with Gasteiger partial charge in [-0.15, -0.1) is 0 Å². The molecule has 1 saturated heterocycles. The molecule has 9 heteroatoms.